The largest absolute Gasteiger partial charge is 0.322 e. The zero-order valence-corrected chi connectivity index (χ0v) is 17.1. The molecule has 4 rings (SSSR count). The molecule has 1 amide bonds. The van der Waals surface area contributed by atoms with Crippen LogP contribution in [0.3, 0.4) is 0 Å². The van der Waals surface area contributed by atoms with Gasteiger partial charge in [-0.15, -0.1) is 0 Å². The minimum Gasteiger partial charge on any atom is -0.322 e. The number of likely N-dealkylation sites (N-methyl/N-ethyl adjacent to an activating group) is 1. The lowest BCUT2D eigenvalue weighted by molar-refractivity contribution is 0.102. The Morgan fingerprint density at radius 1 is 1.07 bits per heavy atom. The van der Waals surface area contributed by atoms with E-state index in [1.165, 1.54) is 5.56 Å². The summed E-state index contributed by atoms with van der Waals surface area (Å²) in [6, 6.07) is 15.3. The maximum Gasteiger partial charge on any atom is 0.259 e. The maximum absolute atomic E-state index is 12.8. The summed E-state index contributed by atoms with van der Waals surface area (Å²) in [5, 5.41) is 10.5. The van der Waals surface area contributed by atoms with Crippen LogP contribution in [0.25, 0.3) is 11.3 Å². The summed E-state index contributed by atoms with van der Waals surface area (Å²) in [4.78, 5) is 17.6. The van der Waals surface area contributed by atoms with Crippen molar-refractivity contribution in [1.82, 2.24) is 20.0 Å². The molecule has 0 saturated carbocycles. The predicted molar refractivity (Wildman–Crippen MR) is 116 cm³/mol. The van der Waals surface area contributed by atoms with Gasteiger partial charge in [-0.2, -0.15) is 5.10 Å². The van der Waals surface area contributed by atoms with Crippen molar-refractivity contribution in [3.05, 3.63) is 70.9 Å². The smallest absolute Gasteiger partial charge is 0.259 e. The Kier molecular flexibility index (Phi) is 5.94. The monoisotopic (exact) mass is 409 g/mol. The second-order valence-corrected chi connectivity index (χ2v) is 7.83. The summed E-state index contributed by atoms with van der Waals surface area (Å²) in [5.41, 5.74) is 4.04. The summed E-state index contributed by atoms with van der Waals surface area (Å²) >= 11 is 5.95. The van der Waals surface area contributed by atoms with Gasteiger partial charge in [0.25, 0.3) is 5.91 Å². The fourth-order valence-electron chi connectivity index (χ4n) is 3.45. The van der Waals surface area contributed by atoms with Gasteiger partial charge in [0.1, 0.15) is 0 Å². The lowest BCUT2D eigenvalue weighted by Gasteiger charge is -2.32. The zero-order chi connectivity index (χ0) is 20.2. The van der Waals surface area contributed by atoms with Crippen LogP contribution in [0.5, 0.6) is 0 Å². The van der Waals surface area contributed by atoms with E-state index in [-0.39, 0.29) is 5.91 Å². The minimum absolute atomic E-state index is 0.199. The molecule has 0 radical (unpaired) electrons. The van der Waals surface area contributed by atoms with Crippen LogP contribution in [-0.4, -0.2) is 59.1 Å². The summed E-state index contributed by atoms with van der Waals surface area (Å²) in [5.74, 6) is -0.199. The average molecular weight is 410 g/mol. The van der Waals surface area contributed by atoms with E-state index in [4.69, 9.17) is 11.6 Å². The molecule has 1 fully saturated rings. The standard InChI is InChI=1S/C22H24ClN5O/c1-27-10-12-28(13-11-27)15-16-2-8-19(9-3-16)25-22(29)20-14-24-26-21(20)17-4-6-18(23)7-5-17/h2-9,14H,10-13,15H2,1H3,(H,24,26)(H,25,29). The fraction of sp³-hybridized carbons (Fsp3) is 0.273. The molecular weight excluding hydrogens is 386 g/mol. The quantitative estimate of drug-likeness (QED) is 0.674. The molecule has 0 bridgehead atoms. The fourth-order valence-corrected chi connectivity index (χ4v) is 3.58. The maximum atomic E-state index is 12.8. The molecule has 7 heteroatoms. The van der Waals surface area contributed by atoms with Gasteiger partial charge in [0.15, 0.2) is 0 Å². The molecule has 1 aliphatic heterocycles. The number of hydrogen-bond donors (Lipinski definition) is 2. The molecule has 2 aromatic carbocycles. The van der Waals surface area contributed by atoms with Crippen molar-refractivity contribution in [2.75, 3.05) is 38.5 Å². The van der Waals surface area contributed by atoms with Gasteiger partial charge in [0.05, 0.1) is 17.5 Å². The van der Waals surface area contributed by atoms with Gasteiger partial charge < -0.3 is 10.2 Å². The summed E-state index contributed by atoms with van der Waals surface area (Å²) in [6.07, 6.45) is 1.54. The number of anilines is 1. The third-order valence-corrected chi connectivity index (χ3v) is 5.48. The molecule has 2 N–H and O–H groups in total. The number of piperazine rings is 1. The Balaban J connectivity index is 1.40. The van der Waals surface area contributed by atoms with Gasteiger partial charge in [-0.3, -0.25) is 14.8 Å². The van der Waals surface area contributed by atoms with Crippen LogP contribution in [0, 0.1) is 0 Å². The van der Waals surface area contributed by atoms with Gasteiger partial charge in [-0.25, -0.2) is 0 Å². The van der Waals surface area contributed by atoms with Crippen molar-refractivity contribution in [2.24, 2.45) is 0 Å². The topological polar surface area (TPSA) is 64.3 Å². The van der Waals surface area contributed by atoms with Gasteiger partial charge in [-0.1, -0.05) is 35.9 Å². The summed E-state index contributed by atoms with van der Waals surface area (Å²) < 4.78 is 0. The van der Waals surface area contributed by atoms with Gasteiger partial charge in [0, 0.05) is 49.0 Å². The van der Waals surface area contributed by atoms with Crippen molar-refractivity contribution in [3.63, 3.8) is 0 Å². The first-order valence-electron chi connectivity index (χ1n) is 9.69. The van der Waals surface area contributed by atoms with Gasteiger partial charge in [0.2, 0.25) is 0 Å². The molecule has 1 saturated heterocycles. The summed E-state index contributed by atoms with van der Waals surface area (Å²) in [7, 11) is 2.16. The highest BCUT2D eigenvalue weighted by Gasteiger charge is 2.16. The second-order valence-electron chi connectivity index (χ2n) is 7.40. The Morgan fingerprint density at radius 3 is 2.45 bits per heavy atom. The molecule has 150 valence electrons. The third-order valence-electron chi connectivity index (χ3n) is 5.23. The Labute approximate surface area is 175 Å². The van der Waals surface area contributed by atoms with Crippen molar-refractivity contribution < 1.29 is 4.79 Å². The van der Waals surface area contributed by atoms with Crippen molar-refractivity contribution >= 4 is 23.2 Å². The number of nitrogens with one attached hydrogen (secondary N) is 2. The SMILES string of the molecule is CN1CCN(Cc2ccc(NC(=O)c3cn[nH]c3-c3ccc(Cl)cc3)cc2)CC1. The van der Waals surface area contributed by atoms with Crippen molar-refractivity contribution in [1.29, 1.82) is 0 Å². The first kappa shape index (κ1) is 19.6. The number of nitrogens with zero attached hydrogens (tertiary/aromatic N) is 3. The number of aromatic nitrogens is 2. The molecule has 29 heavy (non-hydrogen) atoms. The molecular formula is C22H24ClN5O. The van der Waals surface area contributed by atoms with E-state index in [9.17, 15) is 4.79 Å². The van der Waals surface area contributed by atoms with E-state index in [1.54, 1.807) is 18.3 Å². The van der Waals surface area contributed by atoms with Crippen LogP contribution in [-0.2, 0) is 6.54 Å². The number of carbonyl (C=O) groups excluding carboxylic acids is 1. The molecule has 0 atom stereocenters. The Morgan fingerprint density at radius 2 is 1.76 bits per heavy atom. The number of aromatic amines is 1. The number of H-pyrrole nitrogens is 1. The van der Waals surface area contributed by atoms with Crippen LogP contribution < -0.4 is 5.32 Å². The highest BCUT2D eigenvalue weighted by Crippen LogP contribution is 2.24. The van der Waals surface area contributed by atoms with Crippen LogP contribution in [0.2, 0.25) is 5.02 Å². The normalized spacial score (nSPS) is 15.4. The second kappa shape index (κ2) is 8.78. The Hall–Kier alpha value is -2.67. The molecule has 1 aliphatic rings. The highest BCUT2D eigenvalue weighted by molar-refractivity contribution is 6.30. The number of carbonyl (C=O) groups is 1. The zero-order valence-electron chi connectivity index (χ0n) is 16.4. The van der Waals surface area contributed by atoms with Gasteiger partial charge in [-0.05, 0) is 36.9 Å². The first-order valence-corrected chi connectivity index (χ1v) is 10.1. The highest BCUT2D eigenvalue weighted by atomic mass is 35.5. The number of benzene rings is 2. The van der Waals surface area contributed by atoms with Crippen LogP contribution >= 0.6 is 11.6 Å². The number of halogens is 1. The lowest BCUT2D eigenvalue weighted by Crippen LogP contribution is -2.43. The molecule has 0 unspecified atom stereocenters. The lowest BCUT2D eigenvalue weighted by atomic mass is 10.1. The van der Waals surface area contributed by atoms with E-state index >= 15 is 0 Å². The third kappa shape index (κ3) is 4.85. The molecule has 3 aromatic rings. The van der Waals surface area contributed by atoms with E-state index in [0.717, 1.165) is 44.0 Å². The molecule has 1 aromatic heterocycles. The van der Waals surface area contributed by atoms with Crippen molar-refractivity contribution in [2.45, 2.75) is 6.54 Å². The number of rotatable bonds is 5. The van der Waals surface area contributed by atoms with Gasteiger partial charge >= 0.3 is 0 Å². The van der Waals surface area contributed by atoms with Crippen LogP contribution in [0.1, 0.15) is 15.9 Å². The van der Waals surface area contributed by atoms with E-state index in [1.807, 2.05) is 24.3 Å². The molecule has 0 aliphatic carbocycles. The van der Waals surface area contributed by atoms with Crippen LogP contribution in [0.15, 0.2) is 54.7 Å². The van der Waals surface area contributed by atoms with Crippen LogP contribution in [0.4, 0.5) is 5.69 Å². The number of amides is 1. The van der Waals surface area contributed by atoms with Crippen molar-refractivity contribution in [3.8, 4) is 11.3 Å². The molecule has 6 nitrogen and oxygen atoms in total. The predicted octanol–water partition coefficient (Wildman–Crippen LogP) is 3.73. The summed E-state index contributed by atoms with van der Waals surface area (Å²) in [6.45, 7) is 5.32. The molecule has 0 spiro atoms. The average Bonchev–Trinajstić information content (AvgIpc) is 3.22. The number of hydrogen-bond acceptors (Lipinski definition) is 4. The Bertz CT molecular complexity index is 960. The van der Waals surface area contributed by atoms with E-state index in [2.05, 4.69) is 44.5 Å². The van der Waals surface area contributed by atoms with E-state index in [0.29, 0.717) is 16.3 Å². The minimum atomic E-state index is -0.199. The molecule has 2 heterocycles. The van der Waals surface area contributed by atoms with E-state index < -0.39 is 0 Å². The first-order chi connectivity index (χ1) is 14.1.